The van der Waals surface area contributed by atoms with Crippen molar-refractivity contribution in [3.05, 3.63) is 59.7 Å². The first-order valence-electron chi connectivity index (χ1n) is 19.2. The third-order valence-electron chi connectivity index (χ3n) is 13.2. The highest BCUT2D eigenvalue weighted by molar-refractivity contribution is 5.99. The number of piperidine rings is 1. The van der Waals surface area contributed by atoms with Gasteiger partial charge in [-0.25, -0.2) is 24.7 Å². The molecule has 3 aliphatic heterocycles. The number of anilines is 3. The number of rotatable bonds is 9. The fourth-order valence-electron chi connectivity index (χ4n) is 10.7. The standard InChI is InChI=1S/C39H45F2N7O6/c40-38(41,22-49)32-29(33(50)46-39(34(51)52)25-15-23-14-24(17-25)18-26(39)16-23)20-44-36(45-32)48-21-37(6-12-53-13-7-37)30-19-28(2-3-31(30)48)54-27-4-10-47(11-5-27)35-42-8-1-9-43-35/h1-3,8-9,19-20,23-27,49H,4-7,10-18,21-22H2,(H,46,50)(H,51,52). The molecule has 3 N–H and O–H groups in total. The van der Waals surface area contributed by atoms with Crippen molar-refractivity contribution in [2.45, 2.75) is 80.8 Å². The number of aliphatic hydroxyl groups excluding tert-OH is 1. The maximum Gasteiger partial charge on any atom is 0.330 e. The van der Waals surface area contributed by atoms with E-state index >= 15 is 8.78 Å². The van der Waals surface area contributed by atoms with E-state index in [4.69, 9.17) is 9.47 Å². The van der Waals surface area contributed by atoms with E-state index in [1.165, 1.54) is 0 Å². The van der Waals surface area contributed by atoms with Crippen molar-refractivity contribution in [3.63, 3.8) is 0 Å². The lowest BCUT2D eigenvalue weighted by molar-refractivity contribution is -0.163. The predicted molar refractivity (Wildman–Crippen MR) is 191 cm³/mol. The number of nitrogens with zero attached hydrogens (tertiary/aromatic N) is 6. The number of carboxylic acid groups (broad SMARTS) is 1. The molecule has 5 heterocycles. The lowest BCUT2D eigenvalue weighted by Crippen LogP contribution is -2.70. The molecule has 2 saturated heterocycles. The lowest BCUT2D eigenvalue weighted by Gasteiger charge is -2.59. The molecule has 10 rings (SSSR count). The number of nitrogens with one attached hydrogen (secondary N) is 1. The summed E-state index contributed by atoms with van der Waals surface area (Å²) in [5, 5.41) is 23.2. The minimum atomic E-state index is -3.90. The second kappa shape index (κ2) is 13.4. The number of aliphatic hydroxyl groups is 1. The van der Waals surface area contributed by atoms with Gasteiger partial charge in [-0.05, 0) is 98.4 Å². The molecule has 0 atom stereocenters. The van der Waals surface area contributed by atoms with Gasteiger partial charge in [-0.15, -0.1) is 0 Å². The Balaban J connectivity index is 1.00. The monoisotopic (exact) mass is 745 g/mol. The molecule has 286 valence electrons. The molecule has 4 aliphatic carbocycles. The van der Waals surface area contributed by atoms with E-state index in [-0.39, 0.29) is 29.3 Å². The van der Waals surface area contributed by atoms with Crippen molar-refractivity contribution < 1.29 is 38.1 Å². The fourth-order valence-corrected chi connectivity index (χ4v) is 10.7. The normalized spacial score (nSPS) is 28.6. The van der Waals surface area contributed by atoms with Crippen molar-refractivity contribution in [1.82, 2.24) is 25.3 Å². The quantitative estimate of drug-likeness (QED) is 0.279. The zero-order valence-electron chi connectivity index (χ0n) is 30.0. The van der Waals surface area contributed by atoms with E-state index < -0.39 is 41.2 Å². The summed E-state index contributed by atoms with van der Waals surface area (Å²) in [4.78, 5) is 48.4. The topological polar surface area (TPSA) is 163 Å². The molecule has 1 spiro atoms. The molecule has 4 saturated carbocycles. The maximum absolute atomic E-state index is 15.6. The number of carbonyl (C=O) groups is 2. The van der Waals surface area contributed by atoms with E-state index in [9.17, 15) is 19.8 Å². The summed E-state index contributed by atoms with van der Waals surface area (Å²) in [7, 11) is 0. The summed E-state index contributed by atoms with van der Waals surface area (Å²) in [6.07, 6.45) is 11.3. The second-order valence-corrected chi connectivity index (χ2v) is 16.2. The Morgan fingerprint density at radius 3 is 2.31 bits per heavy atom. The van der Waals surface area contributed by atoms with Crippen molar-refractivity contribution in [2.24, 2.45) is 23.7 Å². The van der Waals surface area contributed by atoms with Crippen molar-refractivity contribution in [2.75, 3.05) is 49.3 Å². The Morgan fingerprint density at radius 2 is 1.67 bits per heavy atom. The number of aromatic nitrogens is 4. The van der Waals surface area contributed by atoms with Crippen LogP contribution in [-0.4, -0.2) is 93.1 Å². The van der Waals surface area contributed by atoms with Gasteiger partial charge in [0.2, 0.25) is 11.9 Å². The zero-order chi connectivity index (χ0) is 37.2. The molecule has 54 heavy (non-hydrogen) atoms. The van der Waals surface area contributed by atoms with E-state index in [0.717, 1.165) is 49.8 Å². The van der Waals surface area contributed by atoms with Gasteiger partial charge in [0.1, 0.15) is 29.7 Å². The van der Waals surface area contributed by atoms with E-state index in [0.29, 0.717) is 81.8 Å². The van der Waals surface area contributed by atoms with Crippen molar-refractivity contribution in [1.29, 1.82) is 0 Å². The van der Waals surface area contributed by atoms with Gasteiger partial charge in [0.25, 0.3) is 5.91 Å². The molecule has 13 nitrogen and oxygen atoms in total. The number of carbonyl (C=O) groups excluding carboxylic acids is 1. The van der Waals surface area contributed by atoms with Gasteiger partial charge >= 0.3 is 11.9 Å². The molecule has 6 fully saturated rings. The zero-order valence-corrected chi connectivity index (χ0v) is 30.0. The first-order valence-corrected chi connectivity index (χ1v) is 19.2. The first kappa shape index (κ1) is 35.2. The summed E-state index contributed by atoms with van der Waals surface area (Å²) in [6, 6.07) is 7.61. The van der Waals surface area contributed by atoms with Gasteiger partial charge in [0.05, 0.1) is 5.56 Å². The smallest absolute Gasteiger partial charge is 0.330 e. The number of benzene rings is 1. The number of aliphatic carboxylic acids is 1. The van der Waals surface area contributed by atoms with Gasteiger partial charge < -0.3 is 34.8 Å². The van der Waals surface area contributed by atoms with Crippen LogP contribution < -0.4 is 19.9 Å². The van der Waals surface area contributed by atoms with Gasteiger partial charge in [0.15, 0.2) is 0 Å². The summed E-state index contributed by atoms with van der Waals surface area (Å²) < 4.78 is 43.5. The number of hydrogen-bond donors (Lipinski definition) is 3. The number of ether oxygens (including phenoxy) is 2. The van der Waals surface area contributed by atoms with Crippen molar-refractivity contribution >= 4 is 29.5 Å². The molecule has 15 heteroatoms. The van der Waals surface area contributed by atoms with Crippen LogP contribution in [0, 0.1) is 23.7 Å². The molecule has 7 aliphatic rings. The summed E-state index contributed by atoms with van der Waals surface area (Å²) in [6.45, 7) is 1.40. The van der Waals surface area contributed by atoms with E-state index in [1.54, 1.807) is 23.4 Å². The average molecular weight is 746 g/mol. The van der Waals surface area contributed by atoms with Crippen LogP contribution in [0.1, 0.15) is 79.4 Å². The number of hydrogen-bond acceptors (Lipinski definition) is 11. The molecule has 1 amide bonds. The number of amides is 1. The molecule has 0 unspecified atom stereocenters. The molecule has 3 aromatic rings. The number of halogens is 2. The third kappa shape index (κ3) is 5.85. The Bertz CT molecular complexity index is 1890. The number of fused-ring (bicyclic) bond motifs is 2. The van der Waals surface area contributed by atoms with Gasteiger partial charge in [-0.3, -0.25) is 4.79 Å². The van der Waals surface area contributed by atoms with Crippen LogP contribution in [0.5, 0.6) is 5.75 Å². The molecule has 1 aromatic carbocycles. The molecular formula is C39H45F2N7O6. The highest BCUT2D eigenvalue weighted by atomic mass is 19.3. The van der Waals surface area contributed by atoms with Gasteiger partial charge in [-0.1, -0.05) is 0 Å². The van der Waals surface area contributed by atoms with E-state index in [1.807, 2.05) is 18.2 Å². The third-order valence-corrected chi connectivity index (χ3v) is 13.2. The fraction of sp³-hybridized carbons (Fsp3) is 0.590. The van der Waals surface area contributed by atoms with Crippen LogP contribution in [0.15, 0.2) is 42.9 Å². The lowest BCUT2D eigenvalue weighted by atomic mass is 9.48. The number of alkyl halides is 2. The minimum Gasteiger partial charge on any atom is -0.490 e. The molecule has 0 radical (unpaired) electrons. The summed E-state index contributed by atoms with van der Waals surface area (Å²) in [5.41, 5.74) is -1.67. The summed E-state index contributed by atoms with van der Waals surface area (Å²) in [5.74, 6) is -4.32. The molecular weight excluding hydrogens is 700 g/mol. The second-order valence-electron chi connectivity index (χ2n) is 16.2. The van der Waals surface area contributed by atoms with Crippen LogP contribution in [0.25, 0.3) is 0 Å². The van der Waals surface area contributed by atoms with Crippen LogP contribution in [0.3, 0.4) is 0 Å². The van der Waals surface area contributed by atoms with Crippen LogP contribution in [0.4, 0.5) is 26.4 Å². The minimum absolute atomic E-state index is 0.00408. The maximum atomic E-state index is 15.6. The van der Waals surface area contributed by atoms with Crippen LogP contribution in [-0.2, 0) is 20.9 Å². The van der Waals surface area contributed by atoms with E-state index in [2.05, 4.69) is 30.2 Å². The predicted octanol–water partition coefficient (Wildman–Crippen LogP) is 4.61. The Kier molecular flexibility index (Phi) is 8.71. The highest BCUT2D eigenvalue weighted by Gasteiger charge is 2.62. The highest BCUT2D eigenvalue weighted by Crippen LogP contribution is 2.58. The molecule has 2 aromatic heterocycles. The largest absolute Gasteiger partial charge is 0.490 e. The average Bonchev–Trinajstić information content (AvgIpc) is 3.48. The van der Waals surface area contributed by atoms with Crippen molar-refractivity contribution in [3.8, 4) is 5.75 Å². The number of carboxylic acids is 1. The first-order chi connectivity index (χ1) is 26.1. The SMILES string of the molecule is O=C(NC1(C(=O)O)C2CC3CC(C2)CC1C3)c1cnc(N2CC3(CCOCC3)c3cc(OC4CCN(c5ncccn5)CC4)ccc32)nc1C(F)(F)CO. The Morgan fingerprint density at radius 1 is 0.981 bits per heavy atom. The Labute approximate surface area is 311 Å². The van der Waals surface area contributed by atoms with Gasteiger partial charge in [0, 0.05) is 75.4 Å². The van der Waals surface area contributed by atoms with Crippen LogP contribution >= 0.6 is 0 Å². The Hall–Kier alpha value is -4.50. The molecule has 4 bridgehead atoms. The van der Waals surface area contributed by atoms with Crippen LogP contribution in [0.2, 0.25) is 0 Å². The van der Waals surface area contributed by atoms with Gasteiger partial charge in [-0.2, -0.15) is 8.78 Å². The summed E-state index contributed by atoms with van der Waals surface area (Å²) >= 11 is 0.